The van der Waals surface area contributed by atoms with Gasteiger partial charge in [0.15, 0.2) is 0 Å². The first-order valence-electron chi connectivity index (χ1n) is 6.41. The highest BCUT2D eigenvalue weighted by atomic mass is 16.5. The molecule has 3 rings (SSSR count). The third kappa shape index (κ3) is 2.30. The van der Waals surface area contributed by atoms with Gasteiger partial charge in [-0.25, -0.2) is 9.97 Å². The molecular weight excluding hydrogens is 252 g/mol. The van der Waals surface area contributed by atoms with Crippen molar-refractivity contribution in [2.45, 2.75) is 6.54 Å². The first kappa shape index (κ1) is 12.5. The summed E-state index contributed by atoms with van der Waals surface area (Å²) in [6, 6.07) is 8.06. The number of fused-ring (bicyclic) bond motifs is 1. The molecule has 1 N–H and O–H groups in total. The number of nitrogens with zero attached hydrogens (tertiary/aromatic N) is 3. The van der Waals surface area contributed by atoms with E-state index in [1.165, 1.54) is 0 Å². The lowest BCUT2D eigenvalue weighted by atomic mass is 10.1. The number of hydrogen-bond acceptors (Lipinski definition) is 4. The smallest absolute Gasteiger partial charge is 0.131 e. The Bertz CT molecular complexity index is 722. The molecule has 0 spiro atoms. The molecule has 0 unspecified atom stereocenters. The van der Waals surface area contributed by atoms with E-state index in [4.69, 9.17) is 4.74 Å². The second-order valence-corrected chi connectivity index (χ2v) is 4.54. The van der Waals surface area contributed by atoms with E-state index in [0.717, 1.165) is 34.6 Å². The van der Waals surface area contributed by atoms with Crippen LogP contribution in [0.3, 0.4) is 0 Å². The van der Waals surface area contributed by atoms with Crippen LogP contribution in [0.5, 0.6) is 5.75 Å². The highest BCUT2D eigenvalue weighted by Crippen LogP contribution is 2.24. The molecule has 0 saturated carbocycles. The molecule has 0 atom stereocenters. The minimum Gasteiger partial charge on any atom is -0.497 e. The third-order valence-corrected chi connectivity index (χ3v) is 3.25. The largest absolute Gasteiger partial charge is 0.497 e. The Balaban J connectivity index is 2.07. The van der Waals surface area contributed by atoms with Crippen molar-refractivity contribution in [1.29, 1.82) is 0 Å². The molecule has 102 valence electrons. The van der Waals surface area contributed by atoms with Gasteiger partial charge in [-0.3, -0.25) is 0 Å². The predicted octanol–water partition coefficient (Wildman–Crippen LogP) is 2.53. The Labute approximate surface area is 117 Å². The Morgan fingerprint density at radius 2 is 2.20 bits per heavy atom. The first-order chi connectivity index (χ1) is 9.80. The minimum atomic E-state index is 0.741. The molecule has 20 heavy (non-hydrogen) atoms. The van der Waals surface area contributed by atoms with Gasteiger partial charge >= 0.3 is 0 Å². The van der Waals surface area contributed by atoms with E-state index in [1.54, 1.807) is 19.6 Å². The summed E-state index contributed by atoms with van der Waals surface area (Å²) in [5.74, 6) is 1.69. The van der Waals surface area contributed by atoms with Crippen LogP contribution in [-0.4, -0.2) is 28.7 Å². The van der Waals surface area contributed by atoms with Gasteiger partial charge in [-0.05, 0) is 18.2 Å². The zero-order chi connectivity index (χ0) is 13.9. The van der Waals surface area contributed by atoms with Crippen molar-refractivity contribution in [2.75, 3.05) is 19.5 Å². The van der Waals surface area contributed by atoms with Crippen LogP contribution < -0.4 is 10.1 Å². The molecule has 0 radical (unpaired) electrons. The summed E-state index contributed by atoms with van der Waals surface area (Å²) in [4.78, 5) is 8.72. The monoisotopic (exact) mass is 268 g/mol. The number of aromatic nitrogens is 3. The van der Waals surface area contributed by atoms with Crippen molar-refractivity contribution in [1.82, 2.24) is 14.5 Å². The van der Waals surface area contributed by atoms with Crippen LogP contribution in [0.2, 0.25) is 0 Å². The van der Waals surface area contributed by atoms with Crippen molar-refractivity contribution in [3.8, 4) is 5.75 Å². The molecule has 0 aliphatic heterocycles. The van der Waals surface area contributed by atoms with Gasteiger partial charge < -0.3 is 14.6 Å². The van der Waals surface area contributed by atoms with Crippen molar-refractivity contribution < 1.29 is 4.74 Å². The van der Waals surface area contributed by atoms with Crippen LogP contribution in [0.15, 0.2) is 43.0 Å². The van der Waals surface area contributed by atoms with Gasteiger partial charge in [-0.2, -0.15) is 0 Å². The maximum atomic E-state index is 5.24. The molecule has 0 amide bonds. The number of hydrogen-bond donors (Lipinski definition) is 1. The normalized spacial score (nSPS) is 10.7. The second kappa shape index (κ2) is 5.21. The second-order valence-electron chi connectivity index (χ2n) is 4.54. The van der Waals surface area contributed by atoms with Crippen molar-refractivity contribution >= 4 is 16.7 Å². The van der Waals surface area contributed by atoms with Crippen molar-refractivity contribution in [3.05, 3.63) is 48.5 Å². The van der Waals surface area contributed by atoms with Gasteiger partial charge in [0.2, 0.25) is 0 Å². The third-order valence-electron chi connectivity index (χ3n) is 3.25. The lowest BCUT2D eigenvalue weighted by Crippen LogP contribution is -2.04. The number of benzene rings is 1. The van der Waals surface area contributed by atoms with Crippen molar-refractivity contribution in [2.24, 2.45) is 0 Å². The lowest BCUT2D eigenvalue weighted by molar-refractivity contribution is 0.415. The molecular formula is C15H16N4O. The van der Waals surface area contributed by atoms with E-state index in [-0.39, 0.29) is 0 Å². The van der Waals surface area contributed by atoms with Gasteiger partial charge in [0.05, 0.1) is 25.5 Å². The average Bonchev–Trinajstić information content (AvgIpc) is 2.99. The van der Waals surface area contributed by atoms with E-state index >= 15 is 0 Å². The molecule has 3 aromatic rings. The van der Waals surface area contributed by atoms with E-state index < -0.39 is 0 Å². The summed E-state index contributed by atoms with van der Waals surface area (Å²) in [6.07, 6.45) is 5.52. The standard InChI is InChI=1S/C15H16N4O/c1-16-15-12(9-19-6-5-17-10-19)7-11-3-4-13(20-2)8-14(11)18-15/h3-8,10H,9H2,1-2H3,(H,16,18). The summed E-state index contributed by atoms with van der Waals surface area (Å²) < 4.78 is 7.26. The number of rotatable bonds is 4. The van der Waals surface area contributed by atoms with Gasteiger partial charge in [-0.1, -0.05) is 0 Å². The molecule has 5 heteroatoms. The molecule has 1 aromatic carbocycles. The summed E-state index contributed by atoms with van der Waals surface area (Å²) in [5.41, 5.74) is 2.05. The Morgan fingerprint density at radius 1 is 1.30 bits per heavy atom. The molecule has 0 aliphatic rings. The fourth-order valence-electron chi connectivity index (χ4n) is 2.23. The van der Waals surface area contributed by atoms with Crippen LogP contribution in [0.1, 0.15) is 5.56 Å². The molecule has 2 heterocycles. The van der Waals surface area contributed by atoms with Crippen LogP contribution in [0.4, 0.5) is 5.82 Å². The zero-order valence-corrected chi connectivity index (χ0v) is 11.5. The van der Waals surface area contributed by atoms with Gasteiger partial charge in [-0.15, -0.1) is 0 Å². The lowest BCUT2D eigenvalue weighted by Gasteiger charge is -2.11. The number of methoxy groups -OCH3 is 1. The molecule has 0 bridgehead atoms. The Kier molecular flexibility index (Phi) is 3.25. The Morgan fingerprint density at radius 3 is 2.90 bits per heavy atom. The van der Waals surface area contributed by atoms with Crippen LogP contribution >= 0.6 is 0 Å². The topological polar surface area (TPSA) is 52.0 Å². The average molecular weight is 268 g/mol. The Hall–Kier alpha value is -2.56. The zero-order valence-electron chi connectivity index (χ0n) is 11.5. The molecule has 0 saturated heterocycles. The van der Waals surface area contributed by atoms with Crippen LogP contribution in [-0.2, 0) is 6.54 Å². The van der Waals surface area contributed by atoms with E-state index in [0.29, 0.717) is 0 Å². The highest BCUT2D eigenvalue weighted by molar-refractivity contribution is 5.83. The van der Waals surface area contributed by atoms with Crippen molar-refractivity contribution in [3.63, 3.8) is 0 Å². The fraction of sp³-hybridized carbons (Fsp3) is 0.200. The van der Waals surface area contributed by atoms with Gasteiger partial charge in [0.25, 0.3) is 0 Å². The predicted molar refractivity (Wildman–Crippen MR) is 79.2 cm³/mol. The molecule has 0 fully saturated rings. The van der Waals surface area contributed by atoms with E-state index in [2.05, 4.69) is 21.4 Å². The van der Waals surface area contributed by atoms with E-state index in [9.17, 15) is 0 Å². The molecule has 2 aromatic heterocycles. The number of imidazole rings is 1. The van der Waals surface area contributed by atoms with Crippen LogP contribution in [0.25, 0.3) is 10.9 Å². The quantitative estimate of drug-likeness (QED) is 0.790. The van der Waals surface area contributed by atoms with Gasteiger partial charge in [0, 0.05) is 36.5 Å². The number of pyridine rings is 1. The maximum Gasteiger partial charge on any atom is 0.131 e. The SMILES string of the molecule is CNc1nc2cc(OC)ccc2cc1Cn1ccnc1. The maximum absolute atomic E-state index is 5.24. The van der Waals surface area contributed by atoms with Gasteiger partial charge in [0.1, 0.15) is 11.6 Å². The number of ether oxygens (including phenoxy) is 1. The summed E-state index contributed by atoms with van der Waals surface area (Å²) in [6.45, 7) is 0.741. The highest BCUT2D eigenvalue weighted by Gasteiger charge is 2.07. The summed E-state index contributed by atoms with van der Waals surface area (Å²) >= 11 is 0. The van der Waals surface area contributed by atoms with Crippen LogP contribution in [0, 0.1) is 0 Å². The summed E-state index contributed by atoms with van der Waals surface area (Å²) in [5, 5.41) is 4.25. The first-order valence-corrected chi connectivity index (χ1v) is 6.41. The fourth-order valence-corrected chi connectivity index (χ4v) is 2.23. The van der Waals surface area contributed by atoms with E-state index in [1.807, 2.05) is 36.0 Å². The number of anilines is 1. The summed E-state index contributed by atoms with van der Waals surface area (Å²) in [7, 11) is 3.54. The molecule has 0 aliphatic carbocycles. The molecule has 5 nitrogen and oxygen atoms in total. The minimum absolute atomic E-state index is 0.741. The number of nitrogens with one attached hydrogen (secondary N) is 1.